The summed E-state index contributed by atoms with van der Waals surface area (Å²) in [6.45, 7) is 1.61. The third-order valence-electron chi connectivity index (χ3n) is 3.87. The molecule has 1 aliphatic heterocycles. The molecule has 0 radical (unpaired) electrons. The predicted octanol–water partition coefficient (Wildman–Crippen LogP) is 2.35. The van der Waals surface area contributed by atoms with Crippen LogP contribution in [0.3, 0.4) is 0 Å². The van der Waals surface area contributed by atoms with Gasteiger partial charge in [0.25, 0.3) is 0 Å². The molecule has 1 saturated heterocycles. The van der Waals surface area contributed by atoms with Crippen LogP contribution in [0.1, 0.15) is 11.6 Å². The highest BCUT2D eigenvalue weighted by Crippen LogP contribution is 2.33. The number of benzene rings is 1. The normalized spacial score (nSPS) is 17.8. The smallest absolute Gasteiger partial charge is 0.325 e. The Bertz CT molecular complexity index is 649. The quantitative estimate of drug-likeness (QED) is 0.908. The van der Waals surface area contributed by atoms with Crippen molar-refractivity contribution in [1.29, 1.82) is 0 Å². The van der Waals surface area contributed by atoms with Gasteiger partial charge in [-0.15, -0.1) is 0 Å². The average Bonchev–Trinajstić information content (AvgIpc) is 2.92. The standard InChI is InChI=1S/C15H18N2O3S/c1-20-12-4-2-3-10-11(9-16-13(10)12)14(15(18)19)17-5-7-21-8-6-17/h2-4,9,14,16H,5-8H2,1H3,(H,18,19)/t14-/m1/s1. The highest BCUT2D eigenvalue weighted by Gasteiger charge is 2.30. The van der Waals surface area contributed by atoms with Crippen molar-refractivity contribution in [2.24, 2.45) is 0 Å². The fourth-order valence-corrected chi connectivity index (χ4v) is 3.80. The molecule has 1 aromatic heterocycles. The number of nitrogens with zero attached hydrogens (tertiary/aromatic N) is 1. The van der Waals surface area contributed by atoms with Gasteiger partial charge in [-0.2, -0.15) is 11.8 Å². The Morgan fingerprint density at radius 1 is 1.43 bits per heavy atom. The maximum absolute atomic E-state index is 11.8. The number of carboxylic acid groups (broad SMARTS) is 1. The molecule has 3 rings (SSSR count). The van der Waals surface area contributed by atoms with Gasteiger partial charge in [0.05, 0.1) is 12.6 Å². The van der Waals surface area contributed by atoms with Crippen LogP contribution in [-0.2, 0) is 4.79 Å². The van der Waals surface area contributed by atoms with Gasteiger partial charge >= 0.3 is 5.97 Å². The molecular weight excluding hydrogens is 288 g/mol. The molecule has 112 valence electrons. The van der Waals surface area contributed by atoms with Gasteiger partial charge in [0, 0.05) is 41.7 Å². The number of thioether (sulfide) groups is 1. The van der Waals surface area contributed by atoms with Crippen LogP contribution in [0.15, 0.2) is 24.4 Å². The zero-order chi connectivity index (χ0) is 14.8. The number of fused-ring (bicyclic) bond motifs is 1. The van der Waals surface area contributed by atoms with E-state index in [9.17, 15) is 9.90 Å². The van der Waals surface area contributed by atoms with Gasteiger partial charge in [-0.1, -0.05) is 12.1 Å². The molecule has 2 aromatic rings. The molecule has 0 aliphatic carbocycles. The first-order chi connectivity index (χ1) is 10.2. The van der Waals surface area contributed by atoms with E-state index in [-0.39, 0.29) is 0 Å². The van der Waals surface area contributed by atoms with Crippen LogP contribution >= 0.6 is 11.8 Å². The number of rotatable bonds is 4. The van der Waals surface area contributed by atoms with E-state index < -0.39 is 12.0 Å². The summed E-state index contributed by atoms with van der Waals surface area (Å²) >= 11 is 1.87. The molecular formula is C15H18N2O3S. The van der Waals surface area contributed by atoms with E-state index in [0.29, 0.717) is 0 Å². The molecule has 1 aromatic carbocycles. The zero-order valence-electron chi connectivity index (χ0n) is 11.8. The number of aromatic amines is 1. The molecule has 1 aliphatic rings. The van der Waals surface area contributed by atoms with Crippen LogP contribution in [0.4, 0.5) is 0 Å². The number of carboxylic acids is 1. The monoisotopic (exact) mass is 306 g/mol. The number of ether oxygens (including phenoxy) is 1. The number of nitrogens with one attached hydrogen (secondary N) is 1. The Morgan fingerprint density at radius 3 is 2.86 bits per heavy atom. The highest BCUT2D eigenvalue weighted by molar-refractivity contribution is 7.99. The minimum atomic E-state index is -0.800. The SMILES string of the molecule is COc1cccc2c([C@H](C(=O)O)N3CCSCC3)c[nH]c12. The first kappa shape index (κ1) is 14.3. The van der Waals surface area contributed by atoms with E-state index in [4.69, 9.17) is 4.74 Å². The molecule has 0 spiro atoms. The first-order valence-electron chi connectivity index (χ1n) is 6.91. The van der Waals surface area contributed by atoms with Crippen LogP contribution in [0.5, 0.6) is 5.75 Å². The predicted molar refractivity (Wildman–Crippen MR) is 84.1 cm³/mol. The molecule has 21 heavy (non-hydrogen) atoms. The molecule has 2 N–H and O–H groups in total. The van der Waals surface area contributed by atoms with Crippen molar-refractivity contribution in [3.05, 3.63) is 30.0 Å². The number of aromatic nitrogens is 1. The van der Waals surface area contributed by atoms with Gasteiger partial charge in [0.2, 0.25) is 0 Å². The Kier molecular flexibility index (Phi) is 4.07. The summed E-state index contributed by atoms with van der Waals surface area (Å²) in [4.78, 5) is 17.0. The van der Waals surface area contributed by atoms with Gasteiger partial charge in [-0.05, 0) is 6.07 Å². The number of aliphatic carboxylic acids is 1. The molecule has 0 amide bonds. The van der Waals surface area contributed by atoms with Gasteiger partial charge in [-0.25, -0.2) is 0 Å². The lowest BCUT2D eigenvalue weighted by atomic mass is 10.0. The Labute approximate surface area is 127 Å². The molecule has 0 bridgehead atoms. The summed E-state index contributed by atoms with van der Waals surface area (Å²) in [5.41, 5.74) is 1.66. The fourth-order valence-electron chi connectivity index (χ4n) is 2.87. The van der Waals surface area contributed by atoms with Crippen molar-refractivity contribution in [3.63, 3.8) is 0 Å². The summed E-state index contributed by atoms with van der Waals surface area (Å²) in [6, 6.07) is 5.10. The Balaban J connectivity index is 2.05. The molecule has 1 fully saturated rings. The summed E-state index contributed by atoms with van der Waals surface area (Å²) in [5, 5.41) is 10.6. The van der Waals surface area contributed by atoms with Crippen LogP contribution in [0.25, 0.3) is 10.9 Å². The minimum absolute atomic E-state index is 0.605. The maximum Gasteiger partial charge on any atom is 0.325 e. The van der Waals surface area contributed by atoms with Crippen molar-refractivity contribution in [2.45, 2.75) is 6.04 Å². The zero-order valence-corrected chi connectivity index (χ0v) is 12.7. The summed E-state index contributed by atoms with van der Waals surface area (Å²) in [6.07, 6.45) is 1.80. The second-order valence-electron chi connectivity index (χ2n) is 5.02. The third kappa shape index (κ3) is 2.61. The lowest BCUT2D eigenvalue weighted by molar-refractivity contribution is -0.143. The van der Waals surface area contributed by atoms with E-state index in [0.717, 1.165) is 46.8 Å². The van der Waals surface area contributed by atoms with E-state index in [1.54, 1.807) is 13.3 Å². The highest BCUT2D eigenvalue weighted by atomic mass is 32.2. The molecule has 0 saturated carbocycles. The first-order valence-corrected chi connectivity index (χ1v) is 8.06. The Hall–Kier alpha value is -1.66. The maximum atomic E-state index is 11.8. The molecule has 5 nitrogen and oxygen atoms in total. The summed E-state index contributed by atoms with van der Waals surface area (Å²) in [5.74, 6) is 1.90. The lowest BCUT2D eigenvalue weighted by Crippen LogP contribution is -2.39. The van der Waals surface area contributed by atoms with Gasteiger partial charge in [0.15, 0.2) is 0 Å². The number of para-hydroxylation sites is 1. The second-order valence-corrected chi connectivity index (χ2v) is 6.24. The molecule has 2 heterocycles. The number of hydrogen-bond donors (Lipinski definition) is 2. The molecule has 0 unspecified atom stereocenters. The third-order valence-corrected chi connectivity index (χ3v) is 4.81. The van der Waals surface area contributed by atoms with Gasteiger partial charge in [0.1, 0.15) is 11.8 Å². The van der Waals surface area contributed by atoms with Crippen LogP contribution in [0, 0.1) is 0 Å². The number of H-pyrrole nitrogens is 1. The van der Waals surface area contributed by atoms with Crippen LogP contribution in [0.2, 0.25) is 0 Å². The number of hydrogen-bond acceptors (Lipinski definition) is 4. The second kappa shape index (κ2) is 5.99. The van der Waals surface area contributed by atoms with Gasteiger partial charge in [-0.3, -0.25) is 9.69 Å². The Morgan fingerprint density at radius 2 is 2.19 bits per heavy atom. The van der Waals surface area contributed by atoms with Crippen molar-refractivity contribution >= 4 is 28.6 Å². The van der Waals surface area contributed by atoms with Crippen molar-refractivity contribution in [1.82, 2.24) is 9.88 Å². The fraction of sp³-hybridized carbons (Fsp3) is 0.400. The lowest BCUT2D eigenvalue weighted by Gasteiger charge is -2.31. The van der Waals surface area contributed by atoms with E-state index in [1.807, 2.05) is 34.9 Å². The van der Waals surface area contributed by atoms with E-state index in [2.05, 4.69) is 4.98 Å². The van der Waals surface area contributed by atoms with Gasteiger partial charge < -0.3 is 14.8 Å². The number of carbonyl (C=O) groups is 1. The largest absolute Gasteiger partial charge is 0.495 e. The van der Waals surface area contributed by atoms with Crippen molar-refractivity contribution < 1.29 is 14.6 Å². The number of methoxy groups -OCH3 is 1. The minimum Gasteiger partial charge on any atom is -0.495 e. The molecule has 6 heteroatoms. The topological polar surface area (TPSA) is 65.6 Å². The van der Waals surface area contributed by atoms with Crippen molar-refractivity contribution in [2.75, 3.05) is 31.7 Å². The summed E-state index contributed by atoms with van der Waals surface area (Å²) < 4.78 is 5.33. The molecule has 1 atom stereocenters. The van der Waals surface area contributed by atoms with Crippen LogP contribution in [-0.4, -0.2) is 52.7 Å². The van der Waals surface area contributed by atoms with E-state index in [1.165, 1.54) is 0 Å². The average molecular weight is 306 g/mol. The summed E-state index contributed by atoms with van der Waals surface area (Å²) in [7, 11) is 1.62. The van der Waals surface area contributed by atoms with Crippen LogP contribution < -0.4 is 4.74 Å². The van der Waals surface area contributed by atoms with E-state index >= 15 is 0 Å². The van der Waals surface area contributed by atoms with Crippen molar-refractivity contribution in [3.8, 4) is 5.75 Å².